The molecule has 26 heavy (non-hydrogen) atoms. The predicted octanol–water partition coefficient (Wildman–Crippen LogP) is 5.80. The van der Waals surface area contributed by atoms with Crippen LogP contribution in [0.4, 0.5) is 0 Å². The smallest absolute Gasteiger partial charge is 0.195 e. The number of methoxy groups -OCH3 is 1. The van der Waals surface area contributed by atoms with E-state index >= 15 is 0 Å². The average molecular weight is 405 g/mol. The molecule has 1 rings (SSSR count). The van der Waals surface area contributed by atoms with E-state index in [1.54, 1.807) is 7.11 Å². The second kappa shape index (κ2) is 7.95. The van der Waals surface area contributed by atoms with E-state index in [0.29, 0.717) is 19.1 Å². The third-order valence-corrected chi connectivity index (χ3v) is 15.7. The highest BCUT2D eigenvalue weighted by atomic mass is 28.4. The fraction of sp³-hybridized carbons (Fsp3) is 1.00. The van der Waals surface area contributed by atoms with Gasteiger partial charge in [-0.15, -0.1) is 0 Å². The van der Waals surface area contributed by atoms with Crippen LogP contribution in [0.2, 0.25) is 36.3 Å². The Balaban J connectivity index is 3.11. The zero-order valence-electron chi connectivity index (χ0n) is 19.4. The Morgan fingerprint density at radius 1 is 0.962 bits per heavy atom. The summed E-state index contributed by atoms with van der Waals surface area (Å²) in [5.41, 5.74) is 0. The fourth-order valence-corrected chi connectivity index (χ4v) is 5.05. The van der Waals surface area contributed by atoms with Crippen molar-refractivity contribution in [3.05, 3.63) is 0 Å². The van der Waals surface area contributed by atoms with Gasteiger partial charge in [-0.2, -0.15) is 0 Å². The number of hydrogen-bond acceptors (Lipinski definition) is 4. The van der Waals surface area contributed by atoms with Gasteiger partial charge in [0.1, 0.15) is 0 Å². The molecule has 0 aromatic carbocycles. The maximum Gasteiger partial charge on any atom is 0.195 e. The topological polar surface area (TPSA) is 36.9 Å². The van der Waals surface area contributed by atoms with Gasteiger partial charge in [0.05, 0.1) is 19.3 Å². The number of rotatable bonds is 6. The lowest BCUT2D eigenvalue weighted by atomic mass is 9.95. The Bertz CT molecular complexity index is 465. The molecule has 156 valence electrons. The van der Waals surface area contributed by atoms with Gasteiger partial charge in [-0.1, -0.05) is 48.5 Å². The zero-order chi connectivity index (χ0) is 20.6. The van der Waals surface area contributed by atoms with Crippen LogP contribution in [-0.4, -0.2) is 48.8 Å². The largest absolute Gasteiger partial charge is 0.411 e. The average Bonchev–Trinajstić information content (AvgIpc) is 2.45. The maximum absolute atomic E-state index is 6.85. The van der Waals surface area contributed by atoms with E-state index < -0.39 is 22.4 Å². The molecule has 0 radical (unpaired) electrons. The summed E-state index contributed by atoms with van der Waals surface area (Å²) in [6.45, 7) is 26.0. The molecule has 6 heteroatoms. The molecule has 0 bridgehead atoms. The Hall–Kier alpha value is 0.274. The van der Waals surface area contributed by atoms with Crippen molar-refractivity contribution in [1.82, 2.24) is 0 Å². The summed E-state index contributed by atoms with van der Waals surface area (Å²) in [6, 6.07) is 0. The van der Waals surface area contributed by atoms with Gasteiger partial charge in [-0.25, -0.2) is 0 Å². The molecule has 0 aromatic heterocycles. The van der Waals surface area contributed by atoms with Crippen molar-refractivity contribution >= 4 is 16.6 Å². The highest BCUT2D eigenvalue weighted by molar-refractivity contribution is 6.74. The lowest BCUT2D eigenvalue weighted by Gasteiger charge is -2.50. The van der Waals surface area contributed by atoms with Crippen molar-refractivity contribution in [2.75, 3.05) is 20.3 Å². The SMILES string of the molecule is COC1CC(CO[Si](C)(C)C(C)(C)C)(O[Si](C)(C)C(C)(C)C)OCC1C. The lowest BCUT2D eigenvalue weighted by Crippen LogP contribution is -2.59. The van der Waals surface area contributed by atoms with E-state index in [-0.39, 0.29) is 16.2 Å². The quantitative estimate of drug-likeness (QED) is 0.524. The summed E-state index contributed by atoms with van der Waals surface area (Å²) >= 11 is 0. The molecule has 0 aliphatic carbocycles. The maximum atomic E-state index is 6.85. The van der Waals surface area contributed by atoms with E-state index in [9.17, 15) is 0 Å². The molecule has 0 saturated carbocycles. The minimum atomic E-state index is -2.02. The van der Waals surface area contributed by atoms with Crippen LogP contribution in [0, 0.1) is 5.92 Å². The first-order valence-corrected chi connectivity index (χ1v) is 15.8. The van der Waals surface area contributed by atoms with Crippen LogP contribution < -0.4 is 0 Å². The van der Waals surface area contributed by atoms with Crippen LogP contribution >= 0.6 is 0 Å². The summed E-state index contributed by atoms with van der Waals surface area (Å²) in [5.74, 6) is -0.338. The van der Waals surface area contributed by atoms with Crippen LogP contribution in [0.25, 0.3) is 0 Å². The molecule has 1 heterocycles. The van der Waals surface area contributed by atoms with Gasteiger partial charge in [-0.3, -0.25) is 0 Å². The van der Waals surface area contributed by atoms with Crippen LogP contribution in [-0.2, 0) is 18.3 Å². The van der Waals surface area contributed by atoms with E-state index in [0.717, 1.165) is 6.42 Å². The molecule has 0 spiro atoms. The third-order valence-electron chi connectivity index (χ3n) is 6.77. The first kappa shape index (κ1) is 24.3. The molecule has 4 nitrogen and oxygen atoms in total. The van der Waals surface area contributed by atoms with Crippen LogP contribution in [0.1, 0.15) is 54.9 Å². The standard InChI is InChI=1S/C20H44O4Si2/c1-16-14-22-20(13-17(16)21-8,24-26(11,12)19(5,6)7)15-23-25(9,10)18(2,3)4/h16-17H,13-15H2,1-12H3. The van der Waals surface area contributed by atoms with E-state index in [1.807, 2.05) is 0 Å². The molecule has 1 saturated heterocycles. The Kier molecular flexibility index (Phi) is 7.44. The minimum absolute atomic E-state index is 0.117. The zero-order valence-corrected chi connectivity index (χ0v) is 21.4. The van der Waals surface area contributed by atoms with Gasteiger partial charge >= 0.3 is 0 Å². The highest BCUT2D eigenvalue weighted by Crippen LogP contribution is 2.44. The normalized spacial score (nSPS) is 29.1. The molecular weight excluding hydrogens is 360 g/mol. The summed E-state index contributed by atoms with van der Waals surface area (Å²) in [6.07, 6.45) is 0.864. The summed E-state index contributed by atoms with van der Waals surface area (Å²) in [4.78, 5) is 0. The third kappa shape index (κ3) is 5.64. The summed E-state index contributed by atoms with van der Waals surface area (Å²) in [5, 5.41) is 0.278. The Morgan fingerprint density at radius 3 is 1.88 bits per heavy atom. The van der Waals surface area contributed by atoms with Crippen molar-refractivity contribution in [2.24, 2.45) is 5.92 Å². The van der Waals surface area contributed by atoms with E-state index in [2.05, 4.69) is 74.7 Å². The van der Waals surface area contributed by atoms with Gasteiger partial charge in [0.25, 0.3) is 0 Å². The second-order valence-electron chi connectivity index (χ2n) is 11.1. The molecule has 3 unspecified atom stereocenters. The molecule has 1 fully saturated rings. The molecule has 0 aromatic rings. The number of hydrogen-bond donors (Lipinski definition) is 0. The Morgan fingerprint density at radius 2 is 1.46 bits per heavy atom. The van der Waals surface area contributed by atoms with Gasteiger partial charge < -0.3 is 18.3 Å². The van der Waals surface area contributed by atoms with Crippen LogP contribution in [0.15, 0.2) is 0 Å². The molecule has 1 aliphatic heterocycles. The van der Waals surface area contributed by atoms with Crippen molar-refractivity contribution in [3.63, 3.8) is 0 Å². The van der Waals surface area contributed by atoms with Crippen molar-refractivity contribution in [2.45, 2.75) is 103 Å². The molecule has 1 aliphatic rings. The molecule has 3 atom stereocenters. The first-order chi connectivity index (χ1) is 11.5. The first-order valence-electron chi connectivity index (χ1n) is 9.97. The predicted molar refractivity (Wildman–Crippen MR) is 115 cm³/mol. The van der Waals surface area contributed by atoms with Crippen molar-refractivity contribution in [3.8, 4) is 0 Å². The van der Waals surface area contributed by atoms with Crippen molar-refractivity contribution < 1.29 is 18.3 Å². The van der Waals surface area contributed by atoms with Gasteiger partial charge in [0.15, 0.2) is 22.4 Å². The lowest BCUT2D eigenvalue weighted by molar-refractivity contribution is -0.263. The highest BCUT2D eigenvalue weighted by Gasteiger charge is 2.51. The fourth-order valence-electron chi connectivity index (χ4n) is 2.60. The van der Waals surface area contributed by atoms with Gasteiger partial charge in [-0.05, 0) is 36.3 Å². The molecule has 0 amide bonds. The van der Waals surface area contributed by atoms with Crippen LogP contribution in [0.5, 0.6) is 0 Å². The Labute approximate surface area is 164 Å². The van der Waals surface area contributed by atoms with Crippen LogP contribution in [0.3, 0.4) is 0 Å². The summed E-state index contributed by atoms with van der Waals surface area (Å²) < 4.78 is 25.6. The second-order valence-corrected chi connectivity index (χ2v) is 20.6. The monoisotopic (exact) mass is 404 g/mol. The van der Waals surface area contributed by atoms with Gasteiger partial charge in [0.2, 0.25) is 0 Å². The van der Waals surface area contributed by atoms with Gasteiger partial charge in [0, 0.05) is 19.4 Å². The van der Waals surface area contributed by atoms with Crippen molar-refractivity contribution in [1.29, 1.82) is 0 Å². The van der Waals surface area contributed by atoms with E-state index in [1.165, 1.54) is 0 Å². The van der Waals surface area contributed by atoms with E-state index in [4.69, 9.17) is 18.3 Å². The molecular formula is C20H44O4Si2. The minimum Gasteiger partial charge on any atom is -0.411 e. The molecule has 0 N–H and O–H groups in total. The summed E-state index contributed by atoms with van der Waals surface area (Å²) in [7, 11) is -2.12. The number of ether oxygens (including phenoxy) is 2.